The van der Waals surface area contributed by atoms with Gasteiger partial charge in [-0.2, -0.15) is 0 Å². The summed E-state index contributed by atoms with van der Waals surface area (Å²) >= 11 is 1.68. The Balaban J connectivity index is 1.40. The molecule has 0 unspecified atom stereocenters. The number of halogens is 2. The molecule has 0 saturated carbocycles. The number of thioether (sulfide) groups is 1. The minimum absolute atomic E-state index is 0.372. The summed E-state index contributed by atoms with van der Waals surface area (Å²) < 4.78 is 31.7. The van der Waals surface area contributed by atoms with Crippen molar-refractivity contribution in [2.45, 2.75) is 25.3 Å². The second kappa shape index (κ2) is 11.3. The molecule has 0 aliphatic carbocycles. The number of aliphatic imine (C=N–C) groups is 1. The molecule has 0 radical (unpaired) electrons. The summed E-state index contributed by atoms with van der Waals surface area (Å²) in [6, 6.07) is 14.2. The predicted molar refractivity (Wildman–Crippen MR) is 121 cm³/mol. The van der Waals surface area contributed by atoms with Crippen LogP contribution in [0.2, 0.25) is 0 Å². The van der Waals surface area contributed by atoms with Crippen LogP contribution in [0.1, 0.15) is 19.3 Å². The largest absolute Gasteiger partial charge is 0.493 e. The number of piperidine rings is 1. The first-order valence-corrected chi connectivity index (χ1v) is 11.5. The van der Waals surface area contributed by atoms with Crippen molar-refractivity contribution in [2.24, 2.45) is 4.99 Å². The van der Waals surface area contributed by atoms with E-state index in [0.717, 1.165) is 61.9 Å². The summed E-state index contributed by atoms with van der Waals surface area (Å²) in [5.74, 6) is -1.36. The average molecular weight is 434 g/mol. The Morgan fingerprint density at radius 3 is 2.53 bits per heavy atom. The summed E-state index contributed by atoms with van der Waals surface area (Å²) in [6.07, 6.45) is 5.11. The summed E-state index contributed by atoms with van der Waals surface area (Å²) in [6.45, 7) is 3.50. The number of para-hydroxylation sites is 1. The lowest BCUT2D eigenvalue weighted by Crippen LogP contribution is -2.45. The first-order valence-electron chi connectivity index (χ1n) is 10.3. The van der Waals surface area contributed by atoms with Crippen molar-refractivity contribution in [1.29, 1.82) is 0 Å². The highest BCUT2D eigenvalue weighted by Gasteiger charge is 2.24. The maximum atomic E-state index is 13.2. The lowest BCUT2D eigenvalue weighted by molar-refractivity contribution is 0.157. The van der Waals surface area contributed by atoms with Gasteiger partial charge in [0.15, 0.2) is 16.8 Å². The molecule has 1 saturated heterocycles. The van der Waals surface area contributed by atoms with Crippen molar-refractivity contribution >= 4 is 22.6 Å². The lowest BCUT2D eigenvalue weighted by atomic mass is 10.0. The molecule has 30 heavy (non-hydrogen) atoms. The van der Waals surface area contributed by atoms with Gasteiger partial charge < -0.3 is 14.5 Å². The molecule has 0 aromatic heterocycles. The molecule has 2 aromatic carbocycles. The molecule has 0 spiro atoms. The zero-order chi connectivity index (χ0) is 21.3. The summed E-state index contributed by atoms with van der Waals surface area (Å²) in [7, 11) is 2.13. The fraction of sp³-hybridized carbons (Fsp3) is 0.435. The minimum atomic E-state index is -0.876. The molecule has 1 heterocycles. The number of amidine groups is 1. The molecule has 0 bridgehead atoms. The van der Waals surface area contributed by atoms with Gasteiger partial charge in [-0.05, 0) is 49.8 Å². The van der Waals surface area contributed by atoms with Gasteiger partial charge in [0.2, 0.25) is 0 Å². The van der Waals surface area contributed by atoms with Crippen LogP contribution in [0.25, 0.3) is 0 Å². The molecule has 0 atom stereocenters. The molecule has 0 N–H and O–H groups in total. The highest BCUT2D eigenvalue weighted by atomic mass is 32.2. The Bertz CT molecular complexity index is 826. The van der Waals surface area contributed by atoms with Gasteiger partial charge in [-0.15, -0.1) is 0 Å². The normalized spacial score (nSPS) is 15.9. The van der Waals surface area contributed by atoms with E-state index >= 15 is 0 Å². The molecular formula is C23H29F2N3OS. The van der Waals surface area contributed by atoms with E-state index in [-0.39, 0.29) is 0 Å². The highest BCUT2D eigenvalue weighted by Crippen LogP contribution is 2.22. The summed E-state index contributed by atoms with van der Waals surface area (Å²) in [5, 5.41) is 1.04. The molecule has 0 amide bonds. The SMILES string of the molecule is CSC(=Nc1ccccc1)N(C)C1CCN(CCCOc2ccc(F)c(F)c2)CC1. The van der Waals surface area contributed by atoms with E-state index in [9.17, 15) is 8.78 Å². The zero-order valence-corrected chi connectivity index (χ0v) is 18.4. The Labute approximate surface area is 181 Å². The van der Waals surface area contributed by atoms with Gasteiger partial charge in [-0.1, -0.05) is 30.0 Å². The van der Waals surface area contributed by atoms with E-state index in [4.69, 9.17) is 9.73 Å². The van der Waals surface area contributed by atoms with Crippen LogP contribution in [0.5, 0.6) is 5.75 Å². The Hall–Kier alpha value is -2.12. The van der Waals surface area contributed by atoms with E-state index in [1.165, 1.54) is 6.07 Å². The number of rotatable bonds is 7. The standard InChI is InChI=1S/C23H29F2N3OS/c1-27(23(30-2)26-18-7-4-3-5-8-18)19-11-14-28(15-12-19)13-6-16-29-20-9-10-21(24)22(25)17-20/h3-5,7-10,17,19H,6,11-16H2,1-2H3. The highest BCUT2D eigenvalue weighted by molar-refractivity contribution is 8.13. The first-order chi connectivity index (χ1) is 14.6. The van der Waals surface area contributed by atoms with Crippen LogP contribution in [0.3, 0.4) is 0 Å². The molecule has 7 heteroatoms. The molecule has 1 aliphatic rings. The van der Waals surface area contributed by atoms with E-state index in [2.05, 4.69) is 23.1 Å². The second-order valence-electron chi connectivity index (χ2n) is 7.40. The monoisotopic (exact) mass is 433 g/mol. The summed E-state index contributed by atoms with van der Waals surface area (Å²) in [4.78, 5) is 9.54. The molecule has 3 rings (SSSR count). The third kappa shape index (κ3) is 6.44. The Kier molecular flexibility index (Phi) is 8.51. The molecule has 1 fully saturated rings. The van der Waals surface area contributed by atoms with Gasteiger partial charge >= 0.3 is 0 Å². The molecule has 2 aromatic rings. The lowest BCUT2D eigenvalue weighted by Gasteiger charge is -2.37. The van der Waals surface area contributed by atoms with E-state index in [1.807, 2.05) is 30.3 Å². The van der Waals surface area contributed by atoms with Crippen LogP contribution in [0.4, 0.5) is 14.5 Å². The third-order valence-corrected chi connectivity index (χ3v) is 6.09. The number of hydrogen-bond donors (Lipinski definition) is 0. The van der Waals surface area contributed by atoms with Crippen molar-refractivity contribution in [3.8, 4) is 5.75 Å². The topological polar surface area (TPSA) is 28.1 Å². The Morgan fingerprint density at radius 1 is 1.13 bits per heavy atom. The van der Waals surface area contributed by atoms with Gasteiger partial charge in [0.05, 0.1) is 12.3 Å². The molecule has 1 aliphatic heterocycles. The number of likely N-dealkylation sites (tertiary alicyclic amines) is 1. The minimum Gasteiger partial charge on any atom is -0.493 e. The van der Waals surface area contributed by atoms with Crippen molar-refractivity contribution in [2.75, 3.05) is 39.5 Å². The van der Waals surface area contributed by atoms with E-state index < -0.39 is 11.6 Å². The first kappa shape index (κ1) is 22.6. The Morgan fingerprint density at radius 2 is 1.87 bits per heavy atom. The molecule has 4 nitrogen and oxygen atoms in total. The van der Waals surface area contributed by atoms with Crippen LogP contribution in [-0.4, -0.2) is 60.6 Å². The fourth-order valence-electron chi connectivity index (χ4n) is 3.61. The van der Waals surface area contributed by atoms with Crippen molar-refractivity contribution < 1.29 is 13.5 Å². The maximum Gasteiger partial charge on any atom is 0.164 e. The van der Waals surface area contributed by atoms with Crippen LogP contribution < -0.4 is 4.74 Å². The number of nitrogens with zero attached hydrogens (tertiary/aromatic N) is 3. The van der Waals surface area contributed by atoms with Gasteiger partial charge in [0.1, 0.15) is 5.75 Å². The molecule has 162 valence electrons. The van der Waals surface area contributed by atoms with Crippen molar-refractivity contribution in [3.63, 3.8) is 0 Å². The smallest absolute Gasteiger partial charge is 0.164 e. The van der Waals surface area contributed by atoms with Crippen LogP contribution in [0, 0.1) is 11.6 Å². The summed E-state index contributed by atoms with van der Waals surface area (Å²) in [5.41, 5.74) is 0.979. The van der Waals surface area contributed by atoms with E-state index in [1.54, 1.807) is 11.8 Å². The molecular weight excluding hydrogens is 404 g/mol. The van der Waals surface area contributed by atoms with Crippen molar-refractivity contribution in [3.05, 3.63) is 60.2 Å². The maximum absolute atomic E-state index is 13.2. The number of ether oxygens (including phenoxy) is 1. The van der Waals surface area contributed by atoms with Gasteiger partial charge in [0.25, 0.3) is 0 Å². The quantitative estimate of drug-likeness (QED) is 0.342. The van der Waals surface area contributed by atoms with Gasteiger partial charge in [-0.25, -0.2) is 13.8 Å². The second-order valence-corrected chi connectivity index (χ2v) is 8.17. The van der Waals surface area contributed by atoms with Crippen LogP contribution in [0.15, 0.2) is 53.5 Å². The number of hydrogen-bond acceptors (Lipinski definition) is 4. The number of benzene rings is 2. The zero-order valence-electron chi connectivity index (χ0n) is 17.6. The van der Waals surface area contributed by atoms with Crippen molar-refractivity contribution in [1.82, 2.24) is 9.80 Å². The predicted octanol–water partition coefficient (Wildman–Crippen LogP) is 5.18. The third-order valence-electron chi connectivity index (χ3n) is 5.35. The fourth-order valence-corrected chi connectivity index (χ4v) is 4.25. The van der Waals surface area contributed by atoms with Crippen LogP contribution >= 0.6 is 11.8 Å². The van der Waals surface area contributed by atoms with Crippen LogP contribution in [-0.2, 0) is 0 Å². The van der Waals surface area contributed by atoms with Gasteiger partial charge in [-0.3, -0.25) is 0 Å². The van der Waals surface area contributed by atoms with Gasteiger partial charge in [0, 0.05) is 38.8 Å². The van der Waals surface area contributed by atoms with E-state index in [0.29, 0.717) is 18.4 Å². The average Bonchev–Trinajstić information content (AvgIpc) is 2.78.